The van der Waals surface area contributed by atoms with Crippen molar-refractivity contribution in [2.24, 2.45) is 15.3 Å². The summed E-state index contributed by atoms with van der Waals surface area (Å²) in [6.07, 6.45) is 5.04. The molecule has 1 aliphatic heterocycles. The van der Waals surface area contributed by atoms with Gasteiger partial charge in [-0.1, -0.05) is 13.2 Å². The van der Waals surface area contributed by atoms with Crippen molar-refractivity contribution >= 4 is 28.5 Å². The minimum Gasteiger partial charge on any atom is -0.444 e. The third kappa shape index (κ3) is 7.82. The lowest BCUT2D eigenvalue weighted by molar-refractivity contribution is 0.0131. The van der Waals surface area contributed by atoms with E-state index in [-0.39, 0.29) is 17.6 Å². The molecule has 1 aliphatic rings. The summed E-state index contributed by atoms with van der Waals surface area (Å²) in [5.41, 5.74) is 0.437. The molecule has 0 saturated carbocycles. The number of hydrogen-bond donors (Lipinski definition) is 0. The summed E-state index contributed by atoms with van der Waals surface area (Å²) >= 11 is 0. The Morgan fingerprint density at radius 1 is 1.23 bits per heavy atom. The van der Waals surface area contributed by atoms with E-state index in [0.717, 1.165) is 12.8 Å². The van der Waals surface area contributed by atoms with Crippen molar-refractivity contribution in [2.75, 3.05) is 6.54 Å². The van der Waals surface area contributed by atoms with Gasteiger partial charge in [0, 0.05) is 18.3 Å². The maximum absolute atomic E-state index is 12.7. The van der Waals surface area contributed by atoms with Gasteiger partial charge in [0.15, 0.2) is 0 Å². The van der Waals surface area contributed by atoms with Gasteiger partial charge in [-0.3, -0.25) is 4.99 Å². The van der Waals surface area contributed by atoms with Crippen molar-refractivity contribution in [1.29, 1.82) is 0 Å². The van der Waals surface area contributed by atoms with Crippen molar-refractivity contribution in [2.45, 2.75) is 90.5 Å². The van der Waals surface area contributed by atoms with Crippen LogP contribution in [0.5, 0.6) is 0 Å². The highest BCUT2D eigenvalue weighted by Gasteiger charge is 2.42. The number of nitrogens with zero attached hydrogens (tertiary/aromatic N) is 3. The number of hydrogen-bond acceptors (Lipinski definition) is 4. The van der Waals surface area contributed by atoms with Crippen molar-refractivity contribution in [3.8, 4) is 0 Å². The molecule has 6 nitrogen and oxygen atoms in total. The summed E-state index contributed by atoms with van der Waals surface area (Å²) < 4.78 is 22.2. The normalized spacial score (nSPS) is 21.3. The molecule has 0 bridgehead atoms. The second-order valence-electron chi connectivity index (χ2n) is 10.3. The highest BCUT2D eigenvalue weighted by molar-refractivity contribution is 7.85. The first-order valence-electron chi connectivity index (χ1n) is 10.4. The van der Waals surface area contributed by atoms with Gasteiger partial charge in [0.25, 0.3) is 0 Å². The summed E-state index contributed by atoms with van der Waals surface area (Å²) in [5.74, 6) is 0.288. The van der Waals surface area contributed by atoms with Crippen LogP contribution in [0.3, 0.4) is 0 Å². The number of aliphatic imine (C=N–C) groups is 1. The van der Waals surface area contributed by atoms with E-state index in [9.17, 15) is 9.00 Å². The first kappa shape index (κ1) is 26.3. The Morgan fingerprint density at radius 2 is 1.83 bits per heavy atom. The predicted molar refractivity (Wildman–Crippen MR) is 128 cm³/mol. The lowest BCUT2D eigenvalue weighted by Crippen LogP contribution is -2.45. The van der Waals surface area contributed by atoms with Gasteiger partial charge in [-0.25, -0.2) is 9.00 Å². The Hall–Kier alpha value is -1.76. The van der Waals surface area contributed by atoms with Crippen LogP contribution < -0.4 is 0 Å². The van der Waals surface area contributed by atoms with Crippen LogP contribution in [0.25, 0.3) is 0 Å². The van der Waals surface area contributed by atoms with Crippen LogP contribution in [0.15, 0.2) is 34.8 Å². The van der Waals surface area contributed by atoms with E-state index in [2.05, 4.69) is 36.4 Å². The standard InChI is InChI=1S/C23H39N3O3S/c1-11-18(24-12-2)19(25-30(28)22(6,7)8)14-13-17-15-23(9,10)26(16-17)20(27)29-21(3,4)5/h11-12,17H,1-2,13-16H2,3-10H3/b24-18?,25-19+/t17-,30?/m0/s1. The fraction of sp³-hybridized carbons (Fsp3) is 0.696. The molecule has 1 saturated heterocycles. The van der Waals surface area contributed by atoms with Gasteiger partial charge in [0.2, 0.25) is 0 Å². The van der Waals surface area contributed by atoms with Crippen molar-refractivity contribution in [1.82, 2.24) is 4.90 Å². The molecule has 0 aromatic heterocycles. The Morgan fingerprint density at radius 3 is 2.30 bits per heavy atom. The van der Waals surface area contributed by atoms with E-state index in [1.165, 1.54) is 6.20 Å². The van der Waals surface area contributed by atoms with Gasteiger partial charge in [-0.15, -0.1) is 0 Å². The molecule has 1 rings (SSSR count). The molecule has 30 heavy (non-hydrogen) atoms. The molecule has 1 heterocycles. The largest absolute Gasteiger partial charge is 0.444 e. The minimum absolute atomic E-state index is 0.280. The van der Waals surface area contributed by atoms with E-state index in [1.807, 2.05) is 46.4 Å². The van der Waals surface area contributed by atoms with Crippen molar-refractivity contribution in [3.05, 3.63) is 25.4 Å². The Kier molecular flexibility index (Phi) is 8.79. The van der Waals surface area contributed by atoms with Crippen molar-refractivity contribution in [3.63, 3.8) is 0 Å². The average molecular weight is 438 g/mol. The van der Waals surface area contributed by atoms with Crippen molar-refractivity contribution < 1.29 is 13.7 Å². The quantitative estimate of drug-likeness (QED) is 0.495. The molecule has 0 N–H and O–H groups in total. The number of carbonyl (C=O) groups excluding carboxylic acids is 1. The molecule has 0 aromatic carbocycles. The van der Waals surface area contributed by atoms with E-state index in [1.54, 1.807) is 6.08 Å². The first-order chi connectivity index (χ1) is 13.6. The van der Waals surface area contributed by atoms with E-state index >= 15 is 0 Å². The Labute approximate surface area is 185 Å². The molecular weight excluding hydrogens is 398 g/mol. The number of carbonyl (C=O) groups is 1. The SMILES string of the molecule is C=CN=C(C=C)/C(CC[C@@H]1CN(C(=O)OC(C)(C)C)C(C)(C)C1)=N/S(=O)C(C)(C)C. The van der Waals surface area contributed by atoms with Gasteiger partial charge < -0.3 is 9.64 Å². The molecule has 170 valence electrons. The summed E-state index contributed by atoms with van der Waals surface area (Å²) in [5, 5.41) is 0. The van der Waals surface area contributed by atoms with Gasteiger partial charge in [0.05, 0.1) is 16.2 Å². The maximum atomic E-state index is 12.7. The lowest BCUT2D eigenvalue weighted by atomic mass is 9.92. The zero-order valence-corrected chi connectivity index (χ0v) is 20.8. The Balaban J connectivity index is 2.99. The van der Waals surface area contributed by atoms with Crippen LogP contribution in [-0.4, -0.2) is 49.1 Å². The number of amides is 1. The molecule has 0 radical (unpaired) electrons. The molecule has 1 amide bonds. The highest BCUT2D eigenvalue weighted by Crippen LogP contribution is 2.36. The summed E-state index contributed by atoms with van der Waals surface area (Å²) in [4.78, 5) is 18.7. The van der Waals surface area contributed by atoms with E-state index in [0.29, 0.717) is 24.4 Å². The third-order valence-electron chi connectivity index (χ3n) is 4.80. The van der Waals surface area contributed by atoms with Gasteiger partial charge >= 0.3 is 6.09 Å². The maximum Gasteiger partial charge on any atom is 0.410 e. The smallest absolute Gasteiger partial charge is 0.410 e. The average Bonchev–Trinajstić information content (AvgIpc) is 2.88. The second kappa shape index (κ2) is 10.0. The molecular formula is C23H39N3O3S. The summed E-state index contributed by atoms with van der Waals surface area (Å²) in [7, 11) is -1.40. The number of allylic oxidation sites excluding steroid dienone is 1. The number of rotatable bonds is 7. The summed E-state index contributed by atoms with van der Waals surface area (Å²) in [6.45, 7) is 23.5. The number of likely N-dealkylation sites (tertiary alicyclic amines) is 1. The molecule has 1 unspecified atom stereocenters. The topological polar surface area (TPSA) is 71.3 Å². The van der Waals surface area contributed by atoms with Crippen LogP contribution in [-0.2, 0) is 15.7 Å². The van der Waals surface area contributed by atoms with Gasteiger partial charge in [-0.2, -0.15) is 4.40 Å². The van der Waals surface area contributed by atoms with Crippen LogP contribution >= 0.6 is 0 Å². The summed E-state index contributed by atoms with van der Waals surface area (Å²) in [6, 6.07) is 0. The zero-order valence-electron chi connectivity index (χ0n) is 19.9. The van der Waals surface area contributed by atoms with Gasteiger partial charge in [0.1, 0.15) is 16.6 Å². The molecule has 0 aliphatic carbocycles. The fourth-order valence-corrected chi connectivity index (χ4v) is 4.02. The van der Waals surface area contributed by atoms with Crippen LogP contribution in [0.2, 0.25) is 0 Å². The van der Waals surface area contributed by atoms with Crippen LogP contribution in [0, 0.1) is 5.92 Å². The number of ether oxygens (including phenoxy) is 1. The highest BCUT2D eigenvalue weighted by atomic mass is 32.2. The Bertz CT molecular complexity index is 740. The van der Waals surface area contributed by atoms with E-state index < -0.39 is 21.3 Å². The predicted octanol–water partition coefficient (Wildman–Crippen LogP) is 5.48. The van der Waals surface area contributed by atoms with Crippen LogP contribution in [0.1, 0.15) is 74.7 Å². The van der Waals surface area contributed by atoms with Gasteiger partial charge in [-0.05, 0) is 86.6 Å². The van der Waals surface area contributed by atoms with E-state index in [4.69, 9.17) is 4.74 Å². The monoisotopic (exact) mass is 437 g/mol. The second-order valence-corrected chi connectivity index (χ2v) is 12.2. The molecule has 7 heteroatoms. The lowest BCUT2D eigenvalue weighted by Gasteiger charge is -2.33. The first-order valence-corrected chi connectivity index (χ1v) is 11.5. The minimum atomic E-state index is -1.40. The molecule has 2 atom stereocenters. The third-order valence-corrected chi connectivity index (χ3v) is 6.23. The molecule has 1 fully saturated rings. The molecule has 0 aromatic rings. The molecule has 0 spiro atoms. The zero-order chi connectivity index (χ0) is 23.3. The fourth-order valence-electron chi connectivity index (χ4n) is 3.36. The van der Waals surface area contributed by atoms with Crippen LogP contribution in [0.4, 0.5) is 4.79 Å².